The molecule has 3 rings (SSSR count). The van der Waals surface area contributed by atoms with Crippen molar-refractivity contribution in [3.05, 3.63) is 103 Å². The largest absolute Gasteiger partial charge is 0.497 e. The third kappa shape index (κ3) is 16.0. The Hall–Kier alpha value is -4.85. The number of nitrogens with one attached hydrogen (secondary N) is 2. The summed E-state index contributed by atoms with van der Waals surface area (Å²) < 4.78 is 16.5. The predicted octanol–water partition coefficient (Wildman–Crippen LogP) is 10.9. The van der Waals surface area contributed by atoms with Crippen molar-refractivity contribution >= 4 is 11.8 Å². The normalized spacial score (nSPS) is 12.4. The van der Waals surface area contributed by atoms with Crippen LogP contribution in [0, 0.1) is 0 Å². The maximum atomic E-state index is 13.5. The van der Waals surface area contributed by atoms with Gasteiger partial charge in [-0.25, -0.2) is 0 Å². The van der Waals surface area contributed by atoms with Crippen molar-refractivity contribution in [1.82, 2.24) is 15.8 Å². The maximum Gasteiger partial charge on any atom is 0.228 e. The summed E-state index contributed by atoms with van der Waals surface area (Å²) in [5, 5.41) is 10.7. The maximum absolute atomic E-state index is 13.5. The molecule has 0 aliphatic heterocycles. The lowest BCUT2D eigenvalue weighted by molar-refractivity contribution is -0.123. The molecule has 1 aromatic heterocycles. The average molecular weight is 738 g/mol. The number of carbonyl (C=O) groups excluding carboxylic acids is 2. The molecule has 2 aromatic carbocycles. The van der Waals surface area contributed by atoms with Crippen molar-refractivity contribution in [3.8, 4) is 33.9 Å². The van der Waals surface area contributed by atoms with Gasteiger partial charge < -0.3 is 24.6 Å². The second-order valence-electron chi connectivity index (χ2n) is 15.0. The number of aromatic nitrogens is 1. The molecular formula is C46H63N3O5. The van der Waals surface area contributed by atoms with Gasteiger partial charge in [0.1, 0.15) is 17.2 Å². The smallest absolute Gasteiger partial charge is 0.228 e. The van der Waals surface area contributed by atoms with Crippen LogP contribution in [-0.4, -0.2) is 42.3 Å². The number of rotatable bonds is 24. The van der Waals surface area contributed by atoms with E-state index in [0.29, 0.717) is 24.3 Å². The van der Waals surface area contributed by atoms with Crippen molar-refractivity contribution in [2.24, 2.45) is 0 Å². The summed E-state index contributed by atoms with van der Waals surface area (Å²) in [6.07, 6.45) is 28.2. The molecule has 0 atom stereocenters. The molecule has 3 aromatic rings. The molecule has 0 bridgehead atoms. The zero-order chi connectivity index (χ0) is 39.2. The Kier molecular flexibility index (Phi) is 18.6. The Balaban J connectivity index is 1.45. The van der Waals surface area contributed by atoms with E-state index < -0.39 is 11.1 Å². The number of ether oxygens (including phenoxy) is 2. The Morgan fingerprint density at radius 3 is 1.67 bits per heavy atom. The second kappa shape index (κ2) is 23.0. The summed E-state index contributed by atoms with van der Waals surface area (Å²) >= 11 is 0. The van der Waals surface area contributed by atoms with Gasteiger partial charge in [-0.05, 0) is 121 Å². The molecule has 0 aliphatic carbocycles. The highest BCUT2D eigenvalue weighted by molar-refractivity contribution is 5.87. The molecule has 54 heavy (non-hydrogen) atoms. The third-order valence-electron chi connectivity index (χ3n) is 8.90. The molecule has 0 saturated heterocycles. The minimum atomic E-state index is -0.607. The molecule has 292 valence electrons. The summed E-state index contributed by atoms with van der Waals surface area (Å²) in [5.41, 5.74) is 1.94. The van der Waals surface area contributed by atoms with Crippen LogP contribution in [0.4, 0.5) is 0 Å². The standard InChI is InChI=1S/C46H63N3O5/c1-8-9-10-11-12-13-14-15-16-17-18-19-20-21-22-23-24-25-41(50)47-45(2,3)35-46(4,5)48-42(51)34-40-43(36-26-30-38(52-6)31-27-36)44(49-54-40)37-28-32-39(53-7)33-29-37/h12-13,15-16,18-19,21-22,26-33H,8-11,14,17,20,23-25,34-35H2,1-7H3,(H,47,50)(H,48,51)/b13-12-,16-15-,19-18-,22-21-. The monoisotopic (exact) mass is 737 g/mol. The van der Waals surface area contributed by atoms with E-state index >= 15 is 0 Å². The van der Waals surface area contributed by atoms with Gasteiger partial charge in [-0.15, -0.1) is 0 Å². The number of methoxy groups -OCH3 is 2. The minimum absolute atomic E-state index is 0.00177. The van der Waals surface area contributed by atoms with Gasteiger partial charge in [-0.1, -0.05) is 85.7 Å². The van der Waals surface area contributed by atoms with Crippen LogP contribution in [0.2, 0.25) is 0 Å². The predicted molar refractivity (Wildman–Crippen MR) is 222 cm³/mol. The Bertz CT molecular complexity index is 1680. The first-order chi connectivity index (χ1) is 26.0. The number of hydrogen-bond acceptors (Lipinski definition) is 6. The lowest BCUT2D eigenvalue weighted by atomic mass is 9.86. The van der Waals surface area contributed by atoms with Gasteiger partial charge in [0, 0.05) is 23.1 Å². The zero-order valence-electron chi connectivity index (χ0n) is 33.7. The first kappa shape index (κ1) is 43.6. The van der Waals surface area contributed by atoms with Crippen LogP contribution >= 0.6 is 0 Å². The van der Waals surface area contributed by atoms with Crippen LogP contribution in [-0.2, 0) is 16.0 Å². The Labute approximate surface area is 324 Å². The summed E-state index contributed by atoms with van der Waals surface area (Å²) in [4.78, 5) is 26.4. The van der Waals surface area contributed by atoms with Gasteiger partial charge in [0.05, 0.1) is 26.2 Å². The van der Waals surface area contributed by atoms with E-state index in [9.17, 15) is 9.59 Å². The van der Waals surface area contributed by atoms with Crippen LogP contribution in [0.15, 0.2) is 102 Å². The van der Waals surface area contributed by atoms with Crippen LogP contribution in [0.25, 0.3) is 22.4 Å². The zero-order valence-corrected chi connectivity index (χ0v) is 33.7. The molecular weight excluding hydrogens is 675 g/mol. The first-order valence-corrected chi connectivity index (χ1v) is 19.5. The van der Waals surface area contributed by atoms with E-state index in [0.717, 1.165) is 60.3 Å². The molecule has 0 spiro atoms. The fourth-order valence-electron chi connectivity index (χ4n) is 6.59. The van der Waals surface area contributed by atoms with Crippen molar-refractivity contribution in [2.45, 2.75) is 123 Å². The number of benzene rings is 2. The molecule has 0 aliphatic rings. The van der Waals surface area contributed by atoms with Gasteiger partial charge in [-0.2, -0.15) is 0 Å². The molecule has 8 heteroatoms. The van der Waals surface area contributed by atoms with Crippen LogP contribution in [0.1, 0.15) is 111 Å². The van der Waals surface area contributed by atoms with Crippen molar-refractivity contribution < 1.29 is 23.6 Å². The van der Waals surface area contributed by atoms with Gasteiger partial charge >= 0.3 is 0 Å². The Morgan fingerprint density at radius 1 is 0.667 bits per heavy atom. The molecule has 2 amide bonds. The second-order valence-corrected chi connectivity index (χ2v) is 15.0. The van der Waals surface area contributed by atoms with Gasteiger partial charge in [0.15, 0.2) is 5.76 Å². The SMILES string of the molecule is CCCCC/C=C\C/C=C\C/C=C\C/C=C\CCCC(=O)NC(C)(C)CC(C)(C)NC(=O)Cc1onc(-c2ccc(OC)cc2)c1-c1ccc(OC)cc1. The first-order valence-electron chi connectivity index (χ1n) is 19.5. The summed E-state index contributed by atoms with van der Waals surface area (Å²) in [6, 6.07) is 15.2. The molecule has 1 heterocycles. The number of unbranched alkanes of at least 4 members (excludes halogenated alkanes) is 4. The van der Waals surface area contributed by atoms with E-state index in [-0.39, 0.29) is 18.2 Å². The molecule has 2 N–H and O–H groups in total. The lowest BCUT2D eigenvalue weighted by Crippen LogP contribution is -2.53. The van der Waals surface area contributed by atoms with E-state index in [1.807, 2.05) is 76.2 Å². The molecule has 0 radical (unpaired) electrons. The number of carbonyl (C=O) groups is 2. The molecule has 0 unspecified atom stereocenters. The van der Waals surface area contributed by atoms with E-state index in [4.69, 9.17) is 14.0 Å². The van der Waals surface area contributed by atoms with E-state index in [1.54, 1.807) is 14.2 Å². The highest BCUT2D eigenvalue weighted by Gasteiger charge is 2.32. The minimum Gasteiger partial charge on any atom is -0.497 e. The van der Waals surface area contributed by atoms with Crippen LogP contribution in [0.5, 0.6) is 11.5 Å². The Morgan fingerprint density at radius 2 is 1.15 bits per heavy atom. The number of amides is 2. The van der Waals surface area contributed by atoms with Gasteiger partial charge in [0.25, 0.3) is 0 Å². The highest BCUT2D eigenvalue weighted by Crippen LogP contribution is 2.36. The van der Waals surface area contributed by atoms with Crippen molar-refractivity contribution in [2.75, 3.05) is 14.2 Å². The lowest BCUT2D eigenvalue weighted by Gasteiger charge is -2.36. The molecule has 0 saturated carbocycles. The van der Waals surface area contributed by atoms with Crippen LogP contribution in [0.3, 0.4) is 0 Å². The van der Waals surface area contributed by atoms with Gasteiger partial charge in [0.2, 0.25) is 11.8 Å². The highest BCUT2D eigenvalue weighted by atomic mass is 16.5. The topological polar surface area (TPSA) is 103 Å². The molecule has 0 fully saturated rings. The number of nitrogens with zero attached hydrogens (tertiary/aromatic N) is 1. The fourth-order valence-corrected chi connectivity index (χ4v) is 6.59. The fraction of sp³-hybridized carbons (Fsp3) is 0.457. The van der Waals surface area contributed by atoms with Crippen molar-refractivity contribution in [1.29, 1.82) is 0 Å². The van der Waals surface area contributed by atoms with E-state index in [2.05, 4.69) is 71.3 Å². The van der Waals surface area contributed by atoms with Crippen LogP contribution < -0.4 is 20.1 Å². The quantitative estimate of drug-likeness (QED) is 0.0701. The summed E-state index contributed by atoms with van der Waals surface area (Å²) in [5.74, 6) is 1.73. The average Bonchev–Trinajstić information content (AvgIpc) is 3.54. The van der Waals surface area contributed by atoms with E-state index in [1.165, 1.54) is 25.7 Å². The van der Waals surface area contributed by atoms with Gasteiger partial charge in [-0.3, -0.25) is 9.59 Å². The van der Waals surface area contributed by atoms with Crippen molar-refractivity contribution in [3.63, 3.8) is 0 Å². The molecule has 8 nitrogen and oxygen atoms in total. The number of hydrogen-bond donors (Lipinski definition) is 2. The third-order valence-corrected chi connectivity index (χ3v) is 8.90. The number of allylic oxidation sites excluding steroid dienone is 8. The summed E-state index contributed by atoms with van der Waals surface area (Å²) in [7, 11) is 3.24. The summed E-state index contributed by atoms with van der Waals surface area (Å²) in [6.45, 7) is 10.2.